The van der Waals surface area contributed by atoms with Gasteiger partial charge in [0, 0.05) is 10.9 Å². The van der Waals surface area contributed by atoms with Crippen LogP contribution in [0.2, 0.25) is 0 Å². The van der Waals surface area contributed by atoms with Crippen LogP contribution in [0.5, 0.6) is 5.75 Å². The Hall–Kier alpha value is -1.46. The van der Waals surface area contributed by atoms with Crippen molar-refractivity contribution in [2.24, 2.45) is 5.73 Å². The molecule has 0 unspecified atom stereocenters. The second kappa shape index (κ2) is 5.14. The number of aromatic nitrogens is 1. The van der Waals surface area contributed by atoms with E-state index in [1.165, 1.54) is 13.2 Å². The zero-order chi connectivity index (χ0) is 14.2. The molecule has 2 aromatic rings. The molecule has 20 heavy (non-hydrogen) atoms. The van der Waals surface area contributed by atoms with Crippen molar-refractivity contribution in [3.8, 4) is 17.0 Å². The van der Waals surface area contributed by atoms with Gasteiger partial charge >= 0.3 is 0 Å². The van der Waals surface area contributed by atoms with Crippen LogP contribution in [-0.4, -0.2) is 12.1 Å². The normalized spacial score (nSPS) is 17.4. The minimum absolute atomic E-state index is 0.246. The molecule has 106 valence electrons. The molecule has 5 heteroatoms. The molecule has 0 atom stereocenters. The highest BCUT2D eigenvalue weighted by Crippen LogP contribution is 2.39. The van der Waals surface area contributed by atoms with Gasteiger partial charge in [0.1, 0.15) is 5.01 Å². The SMILES string of the molecule is COc1ccc(-c2csc(C3(N)CCCC3)n2)cc1F. The molecule has 0 radical (unpaired) electrons. The van der Waals surface area contributed by atoms with Gasteiger partial charge in [-0.1, -0.05) is 12.8 Å². The molecule has 1 heterocycles. The highest BCUT2D eigenvalue weighted by Gasteiger charge is 2.34. The summed E-state index contributed by atoms with van der Waals surface area (Å²) in [4.78, 5) is 4.62. The average Bonchev–Trinajstić information content (AvgIpc) is 3.08. The van der Waals surface area contributed by atoms with Crippen molar-refractivity contribution in [3.05, 3.63) is 34.4 Å². The molecule has 3 rings (SSSR count). The number of benzene rings is 1. The Balaban J connectivity index is 1.92. The predicted octanol–water partition coefficient (Wildman–Crippen LogP) is 3.69. The topological polar surface area (TPSA) is 48.1 Å². The Labute approximate surface area is 121 Å². The summed E-state index contributed by atoms with van der Waals surface area (Å²) in [5, 5.41) is 2.91. The third-order valence-electron chi connectivity index (χ3n) is 3.87. The monoisotopic (exact) mass is 292 g/mol. The molecule has 0 aliphatic heterocycles. The Morgan fingerprint density at radius 3 is 2.75 bits per heavy atom. The van der Waals surface area contributed by atoms with Crippen molar-refractivity contribution in [2.45, 2.75) is 31.2 Å². The smallest absolute Gasteiger partial charge is 0.165 e. The van der Waals surface area contributed by atoms with E-state index in [0.717, 1.165) is 41.9 Å². The van der Waals surface area contributed by atoms with Crippen molar-refractivity contribution < 1.29 is 9.13 Å². The standard InChI is InChI=1S/C15H17FN2OS/c1-19-13-5-4-10(8-11(13)16)12-9-20-14(18-12)15(17)6-2-3-7-15/h4-5,8-9H,2-3,6-7,17H2,1H3. The van der Waals surface area contributed by atoms with E-state index in [0.29, 0.717) is 0 Å². The first-order valence-electron chi connectivity index (χ1n) is 6.71. The molecule has 1 aromatic carbocycles. The molecule has 3 nitrogen and oxygen atoms in total. The van der Waals surface area contributed by atoms with Crippen molar-refractivity contribution in [1.82, 2.24) is 4.98 Å². The Morgan fingerprint density at radius 1 is 1.35 bits per heavy atom. The molecular weight excluding hydrogens is 275 g/mol. The van der Waals surface area contributed by atoms with Crippen LogP contribution in [0.3, 0.4) is 0 Å². The summed E-state index contributed by atoms with van der Waals surface area (Å²) in [7, 11) is 1.46. The Bertz CT molecular complexity index is 620. The fourth-order valence-electron chi connectivity index (χ4n) is 2.68. The fraction of sp³-hybridized carbons (Fsp3) is 0.400. The van der Waals surface area contributed by atoms with E-state index in [1.54, 1.807) is 17.4 Å². The first kappa shape index (κ1) is 13.5. The number of thiazole rings is 1. The first-order chi connectivity index (χ1) is 9.62. The number of hydrogen-bond acceptors (Lipinski definition) is 4. The summed E-state index contributed by atoms with van der Waals surface area (Å²) in [6, 6.07) is 4.89. The van der Waals surface area contributed by atoms with E-state index in [9.17, 15) is 4.39 Å². The fourth-order valence-corrected chi connectivity index (χ4v) is 3.68. The number of hydrogen-bond donors (Lipinski definition) is 1. The molecular formula is C15H17FN2OS. The van der Waals surface area contributed by atoms with Gasteiger partial charge in [0.15, 0.2) is 11.6 Å². The van der Waals surface area contributed by atoms with Crippen molar-refractivity contribution in [2.75, 3.05) is 7.11 Å². The largest absolute Gasteiger partial charge is 0.494 e. The molecule has 0 spiro atoms. The van der Waals surface area contributed by atoms with E-state index < -0.39 is 0 Å². The maximum atomic E-state index is 13.7. The van der Waals surface area contributed by atoms with Crippen LogP contribution >= 0.6 is 11.3 Å². The zero-order valence-electron chi connectivity index (χ0n) is 11.4. The van der Waals surface area contributed by atoms with E-state index >= 15 is 0 Å². The highest BCUT2D eigenvalue weighted by atomic mass is 32.1. The van der Waals surface area contributed by atoms with E-state index in [4.69, 9.17) is 10.5 Å². The maximum Gasteiger partial charge on any atom is 0.165 e. The van der Waals surface area contributed by atoms with E-state index in [1.807, 2.05) is 11.4 Å². The maximum absolute atomic E-state index is 13.7. The zero-order valence-corrected chi connectivity index (χ0v) is 12.2. The lowest BCUT2D eigenvalue weighted by Gasteiger charge is -2.19. The molecule has 0 saturated heterocycles. The van der Waals surface area contributed by atoms with Crippen LogP contribution < -0.4 is 10.5 Å². The molecule has 0 bridgehead atoms. The summed E-state index contributed by atoms with van der Waals surface area (Å²) < 4.78 is 18.7. The van der Waals surface area contributed by atoms with Gasteiger partial charge in [-0.3, -0.25) is 0 Å². The van der Waals surface area contributed by atoms with Gasteiger partial charge in [0.2, 0.25) is 0 Å². The lowest BCUT2D eigenvalue weighted by Crippen LogP contribution is -2.32. The minimum atomic E-state index is -0.372. The molecule has 1 aliphatic carbocycles. The highest BCUT2D eigenvalue weighted by molar-refractivity contribution is 7.10. The average molecular weight is 292 g/mol. The molecule has 1 saturated carbocycles. The van der Waals surface area contributed by atoms with E-state index in [2.05, 4.69) is 4.98 Å². The number of methoxy groups -OCH3 is 1. The van der Waals surface area contributed by atoms with Crippen LogP contribution in [0.1, 0.15) is 30.7 Å². The summed E-state index contributed by atoms with van der Waals surface area (Å²) >= 11 is 1.57. The van der Waals surface area contributed by atoms with Gasteiger partial charge < -0.3 is 10.5 Å². The minimum Gasteiger partial charge on any atom is -0.494 e. The van der Waals surface area contributed by atoms with Crippen LogP contribution in [-0.2, 0) is 5.54 Å². The quantitative estimate of drug-likeness (QED) is 0.938. The number of rotatable bonds is 3. The van der Waals surface area contributed by atoms with Gasteiger partial charge in [-0.15, -0.1) is 11.3 Å². The Kier molecular flexibility index (Phi) is 3.48. The number of nitrogens with zero attached hydrogens (tertiary/aromatic N) is 1. The van der Waals surface area contributed by atoms with Crippen LogP contribution in [0.25, 0.3) is 11.3 Å². The first-order valence-corrected chi connectivity index (χ1v) is 7.59. The third-order valence-corrected chi connectivity index (χ3v) is 4.94. The van der Waals surface area contributed by atoms with Crippen LogP contribution in [0, 0.1) is 5.82 Å². The summed E-state index contributed by atoms with van der Waals surface area (Å²) in [5.74, 6) is -0.127. The molecule has 1 fully saturated rings. The number of ether oxygens (including phenoxy) is 1. The lowest BCUT2D eigenvalue weighted by atomic mass is 10.0. The van der Waals surface area contributed by atoms with Crippen molar-refractivity contribution in [3.63, 3.8) is 0 Å². The van der Waals surface area contributed by atoms with Crippen molar-refractivity contribution >= 4 is 11.3 Å². The third kappa shape index (κ3) is 2.31. The molecule has 1 aromatic heterocycles. The van der Waals surface area contributed by atoms with Gasteiger partial charge in [0.25, 0.3) is 0 Å². The van der Waals surface area contributed by atoms with Gasteiger partial charge in [-0.2, -0.15) is 0 Å². The second-order valence-electron chi connectivity index (χ2n) is 5.25. The summed E-state index contributed by atoms with van der Waals surface area (Å²) in [6.45, 7) is 0. The lowest BCUT2D eigenvalue weighted by molar-refractivity contribution is 0.386. The van der Waals surface area contributed by atoms with Crippen LogP contribution in [0.4, 0.5) is 4.39 Å². The van der Waals surface area contributed by atoms with Crippen molar-refractivity contribution in [1.29, 1.82) is 0 Å². The van der Waals surface area contributed by atoms with Gasteiger partial charge in [-0.25, -0.2) is 9.37 Å². The molecule has 0 amide bonds. The van der Waals surface area contributed by atoms with Gasteiger partial charge in [-0.05, 0) is 31.0 Å². The second-order valence-corrected chi connectivity index (χ2v) is 6.11. The Morgan fingerprint density at radius 2 is 2.10 bits per heavy atom. The van der Waals surface area contributed by atoms with Crippen LogP contribution in [0.15, 0.2) is 23.6 Å². The molecule has 2 N–H and O–H groups in total. The summed E-state index contributed by atoms with van der Waals surface area (Å²) in [5.41, 5.74) is 7.66. The molecule has 1 aliphatic rings. The van der Waals surface area contributed by atoms with Gasteiger partial charge in [0.05, 0.1) is 18.3 Å². The number of nitrogens with two attached hydrogens (primary N) is 1. The van der Waals surface area contributed by atoms with E-state index in [-0.39, 0.29) is 17.1 Å². The summed E-state index contributed by atoms with van der Waals surface area (Å²) in [6.07, 6.45) is 4.28. The predicted molar refractivity (Wildman–Crippen MR) is 78.4 cm³/mol. The number of halogens is 1.